The first-order chi connectivity index (χ1) is 11.8. The number of rotatable bonds is 3. The highest BCUT2D eigenvalue weighted by Crippen LogP contribution is 2.35. The maximum absolute atomic E-state index is 14.3. The summed E-state index contributed by atoms with van der Waals surface area (Å²) < 4.78 is 21.1. The number of methoxy groups -OCH3 is 1. The summed E-state index contributed by atoms with van der Waals surface area (Å²) in [5, 5.41) is 4.54. The number of hydrogen-bond donors (Lipinski definition) is 0. The van der Waals surface area contributed by atoms with E-state index in [4.69, 9.17) is 4.74 Å². The van der Waals surface area contributed by atoms with Gasteiger partial charge in [0.05, 0.1) is 18.8 Å². The molecule has 4 aromatic rings. The van der Waals surface area contributed by atoms with Crippen LogP contribution in [0.15, 0.2) is 61.2 Å². The van der Waals surface area contributed by atoms with Gasteiger partial charge in [-0.2, -0.15) is 5.10 Å². The number of aromatic nitrogens is 4. The predicted octanol–water partition coefficient (Wildman–Crippen LogP) is 3.61. The number of hydrogen-bond acceptors (Lipinski definition) is 4. The van der Waals surface area contributed by atoms with Crippen LogP contribution in [0.1, 0.15) is 0 Å². The summed E-state index contributed by atoms with van der Waals surface area (Å²) in [5.74, 6) is 0.192. The Morgan fingerprint density at radius 3 is 2.71 bits per heavy atom. The number of halogens is 1. The van der Waals surface area contributed by atoms with Gasteiger partial charge in [-0.05, 0) is 18.2 Å². The molecule has 4 rings (SSSR count). The van der Waals surface area contributed by atoms with E-state index in [2.05, 4.69) is 15.1 Å². The number of benzene rings is 1. The molecule has 0 spiro atoms. The van der Waals surface area contributed by atoms with Crippen LogP contribution in [0, 0.1) is 5.82 Å². The van der Waals surface area contributed by atoms with Gasteiger partial charge in [0.25, 0.3) is 0 Å². The molecule has 24 heavy (non-hydrogen) atoms. The van der Waals surface area contributed by atoms with Crippen molar-refractivity contribution in [2.75, 3.05) is 7.11 Å². The van der Waals surface area contributed by atoms with Gasteiger partial charge in [-0.15, -0.1) is 0 Å². The van der Waals surface area contributed by atoms with E-state index in [0.29, 0.717) is 17.1 Å². The second-order valence-corrected chi connectivity index (χ2v) is 5.20. The van der Waals surface area contributed by atoms with Crippen LogP contribution in [0.2, 0.25) is 0 Å². The van der Waals surface area contributed by atoms with Crippen LogP contribution in [0.3, 0.4) is 0 Å². The van der Waals surface area contributed by atoms with Gasteiger partial charge in [0.1, 0.15) is 11.5 Å². The lowest BCUT2D eigenvalue weighted by Gasteiger charge is -2.05. The van der Waals surface area contributed by atoms with Crippen LogP contribution < -0.4 is 4.74 Å². The fourth-order valence-corrected chi connectivity index (χ4v) is 2.68. The molecule has 3 heterocycles. The largest absolute Gasteiger partial charge is 0.481 e. The van der Waals surface area contributed by atoms with Crippen molar-refractivity contribution in [2.24, 2.45) is 0 Å². The molecule has 6 heteroatoms. The third-order valence-electron chi connectivity index (χ3n) is 3.80. The summed E-state index contributed by atoms with van der Waals surface area (Å²) in [7, 11) is 1.56. The van der Waals surface area contributed by atoms with Crippen LogP contribution in [0.4, 0.5) is 4.39 Å². The van der Waals surface area contributed by atoms with Crippen molar-refractivity contribution in [3.8, 4) is 28.3 Å². The van der Waals surface area contributed by atoms with Crippen LogP contribution in [0.5, 0.6) is 5.88 Å². The second-order valence-electron chi connectivity index (χ2n) is 5.20. The van der Waals surface area contributed by atoms with Crippen LogP contribution in [-0.2, 0) is 0 Å². The van der Waals surface area contributed by atoms with Crippen molar-refractivity contribution in [3.63, 3.8) is 0 Å². The normalized spacial score (nSPS) is 10.9. The minimum atomic E-state index is -0.323. The Morgan fingerprint density at radius 2 is 1.96 bits per heavy atom. The van der Waals surface area contributed by atoms with E-state index in [9.17, 15) is 4.39 Å². The summed E-state index contributed by atoms with van der Waals surface area (Å²) in [5.41, 5.74) is 3.36. The third kappa shape index (κ3) is 2.28. The van der Waals surface area contributed by atoms with E-state index in [1.165, 1.54) is 6.07 Å². The monoisotopic (exact) mass is 320 g/mol. The lowest BCUT2D eigenvalue weighted by Crippen LogP contribution is -1.90. The molecule has 0 bridgehead atoms. The average molecular weight is 320 g/mol. The van der Waals surface area contributed by atoms with E-state index in [1.807, 2.05) is 6.07 Å². The van der Waals surface area contributed by atoms with Crippen molar-refractivity contribution in [1.82, 2.24) is 19.6 Å². The first kappa shape index (κ1) is 14.3. The van der Waals surface area contributed by atoms with Crippen molar-refractivity contribution >= 4 is 5.52 Å². The molecule has 0 atom stereocenters. The van der Waals surface area contributed by atoms with Gasteiger partial charge in [0.2, 0.25) is 5.88 Å². The topological polar surface area (TPSA) is 52.3 Å². The predicted molar refractivity (Wildman–Crippen MR) is 88.2 cm³/mol. The van der Waals surface area contributed by atoms with Crippen molar-refractivity contribution < 1.29 is 9.13 Å². The zero-order valence-electron chi connectivity index (χ0n) is 12.8. The quantitative estimate of drug-likeness (QED) is 0.579. The second kappa shape index (κ2) is 5.73. The summed E-state index contributed by atoms with van der Waals surface area (Å²) in [4.78, 5) is 8.41. The Hall–Kier alpha value is -3.28. The Bertz CT molecular complexity index is 1010. The molecular weight excluding hydrogens is 307 g/mol. The molecular formula is C18H13FN4O. The van der Waals surface area contributed by atoms with Crippen molar-refractivity contribution in [2.45, 2.75) is 0 Å². The lowest BCUT2D eigenvalue weighted by molar-refractivity contribution is 0.398. The average Bonchev–Trinajstić information content (AvgIpc) is 3.01. The van der Waals surface area contributed by atoms with Crippen LogP contribution in [0.25, 0.3) is 27.9 Å². The molecule has 0 fully saturated rings. The summed E-state index contributed by atoms with van der Waals surface area (Å²) in [6.07, 6.45) is 6.77. The Kier molecular flexibility index (Phi) is 3.42. The van der Waals surface area contributed by atoms with Crippen LogP contribution >= 0.6 is 0 Å². The molecule has 0 unspecified atom stereocenters. The van der Waals surface area contributed by atoms with Gasteiger partial charge in [0.15, 0.2) is 0 Å². The molecule has 0 N–H and O–H groups in total. The summed E-state index contributed by atoms with van der Waals surface area (Å²) in [6, 6.07) is 10.2. The number of nitrogens with zero attached hydrogens (tertiary/aromatic N) is 4. The van der Waals surface area contributed by atoms with Gasteiger partial charge in [0, 0.05) is 41.3 Å². The maximum Gasteiger partial charge on any atom is 0.212 e. The van der Waals surface area contributed by atoms with Gasteiger partial charge in [-0.25, -0.2) is 13.9 Å². The molecule has 0 saturated carbocycles. The zero-order valence-corrected chi connectivity index (χ0v) is 12.8. The van der Waals surface area contributed by atoms with Gasteiger partial charge in [-0.1, -0.05) is 12.1 Å². The van der Waals surface area contributed by atoms with E-state index in [0.717, 1.165) is 16.6 Å². The highest BCUT2D eigenvalue weighted by Gasteiger charge is 2.19. The first-order valence-corrected chi connectivity index (χ1v) is 7.35. The van der Waals surface area contributed by atoms with Gasteiger partial charge >= 0.3 is 0 Å². The van der Waals surface area contributed by atoms with Crippen LogP contribution in [-0.4, -0.2) is 26.7 Å². The first-order valence-electron chi connectivity index (χ1n) is 7.35. The number of pyridine rings is 1. The minimum absolute atomic E-state index is 0.323. The molecule has 0 saturated heterocycles. The van der Waals surface area contributed by atoms with Gasteiger partial charge < -0.3 is 4.74 Å². The molecule has 0 amide bonds. The molecule has 0 aliphatic rings. The Balaban J connectivity index is 2.01. The highest BCUT2D eigenvalue weighted by molar-refractivity contribution is 5.91. The van der Waals surface area contributed by atoms with Gasteiger partial charge in [-0.3, -0.25) is 4.98 Å². The summed E-state index contributed by atoms with van der Waals surface area (Å²) >= 11 is 0. The Labute approximate surface area is 137 Å². The summed E-state index contributed by atoms with van der Waals surface area (Å²) in [6.45, 7) is 0. The number of fused-ring (bicyclic) bond motifs is 1. The molecule has 0 aliphatic heterocycles. The fraction of sp³-hybridized carbons (Fsp3) is 0.0556. The van der Waals surface area contributed by atoms with E-state index >= 15 is 0 Å². The van der Waals surface area contributed by atoms with Crippen molar-refractivity contribution in [3.05, 3.63) is 67.0 Å². The molecule has 0 aliphatic carbocycles. The van der Waals surface area contributed by atoms with E-state index in [-0.39, 0.29) is 5.82 Å². The number of ether oxygens (including phenoxy) is 1. The minimum Gasteiger partial charge on any atom is -0.481 e. The van der Waals surface area contributed by atoms with E-state index in [1.54, 1.807) is 60.7 Å². The molecule has 3 aromatic heterocycles. The third-order valence-corrected chi connectivity index (χ3v) is 3.80. The lowest BCUT2D eigenvalue weighted by atomic mass is 10.0. The van der Waals surface area contributed by atoms with Crippen molar-refractivity contribution in [1.29, 1.82) is 0 Å². The molecule has 118 valence electrons. The molecule has 0 radical (unpaired) electrons. The standard InChI is InChI=1S/C18H13FN4O/c1-24-16-7-6-12(10-21-16)17-15-11-20-8-9-23(15)22-18(17)13-4-2-3-5-14(13)19/h2-11H,1H3. The fourth-order valence-electron chi connectivity index (χ4n) is 2.68. The Morgan fingerprint density at radius 1 is 1.08 bits per heavy atom. The zero-order chi connectivity index (χ0) is 16.5. The SMILES string of the molecule is COc1ccc(-c2c(-c3ccccc3F)nn3ccncc23)cn1. The molecule has 5 nitrogen and oxygen atoms in total. The highest BCUT2D eigenvalue weighted by atomic mass is 19.1. The molecule has 1 aromatic carbocycles. The smallest absolute Gasteiger partial charge is 0.212 e. The maximum atomic E-state index is 14.3. The van der Waals surface area contributed by atoms with E-state index < -0.39 is 0 Å².